The van der Waals surface area contributed by atoms with Crippen LogP contribution in [0.3, 0.4) is 0 Å². The molecule has 0 aliphatic carbocycles. The number of hydrogen-bond donors (Lipinski definition) is 2. The molecule has 2 rings (SSSR count). The third kappa shape index (κ3) is 3.06. The van der Waals surface area contributed by atoms with Gasteiger partial charge in [-0.1, -0.05) is 5.16 Å². The van der Waals surface area contributed by atoms with Crippen LogP contribution in [0, 0.1) is 19.7 Å². The van der Waals surface area contributed by atoms with Crippen LogP contribution in [0.25, 0.3) is 0 Å². The van der Waals surface area contributed by atoms with Gasteiger partial charge in [0.2, 0.25) is 10.0 Å². The van der Waals surface area contributed by atoms with Crippen molar-refractivity contribution in [1.29, 1.82) is 0 Å². The Hall–Kier alpha value is -1.93. The third-order valence-corrected chi connectivity index (χ3v) is 4.73. The van der Waals surface area contributed by atoms with Crippen LogP contribution < -0.4 is 10.5 Å². The number of sulfonamides is 1. The molecule has 0 amide bonds. The third-order valence-electron chi connectivity index (χ3n) is 3.11. The summed E-state index contributed by atoms with van der Waals surface area (Å²) >= 11 is 0. The van der Waals surface area contributed by atoms with Gasteiger partial charge in [0, 0.05) is 11.6 Å². The molecule has 0 aliphatic heterocycles. The molecular weight excluding hydrogens is 297 g/mol. The van der Waals surface area contributed by atoms with Crippen molar-refractivity contribution >= 4 is 15.7 Å². The first-order valence-electron chi connectivity index (χ1n) is 6.22. The lowest BCUT2D eigenvalue weighted by molar-refractivity contribution is 0.391. The number of aromatic nitrogens is 1. The molecule has 1 atom stereocenters. The highest BCUT2D eigenvalue weighted by Gasteiger charge is 2.24. The Kier molecular flexibility index (Phi) is 4.02. The second kappa shape index (κ2) is 5.45. The normalized spacial score (nSPS) is 13.3. The van der Waals surface area contributed by atoms with Crippen molar-refractivity contribution in [3.05, 3.63) is 41.0 Å². The Morgan fingerprint density at radius 3 is 2.57 bits per heavy atom. The van der Waals surface area contributed by atoms with E-state index in [0.29, 0.717) is 17.0 Å². The largest absolute Gasteiger partial charge is 0.398 e. The molecule has 2 aromatic rings. The van der Waals surface area contributed by atoms with Crippen LogP contribution in [0.5, 0.6) is 0 Å². The number of aryl methyl sites for hydroxylation is 2. The molecule has 0 aliphatic rings. The van der Waals surface area contributed by atoms with Crippen molar-refractivity contribution in [3.8, 4) is 0 Å². The molecule has 1 aromatic carbocycles. The van der Waals surface area contributed by atoms with E-state index in [1.807, 2.05) is 0 Å². The fraction of sp³-hybridized carbons (Fsp3) is 0.308. The van der Waals surface area contributed by atoms with E-state index >= 15 is 0 Å². The van der Waals surface area contributed by atoms with Crippen molar-refractivity contribution in [2.24, 2.45) is 0 Å². The summed E-state index contributed by atoms with van der Waals surface area (Å²) < 4.78 is 45.2. The lowest BCUT2D eigenvalue weighted by atomic mass is 10.1. The summed E-state index contributed by atoms with van der Waals surface area (Å²) in [4.78, 5) is -0.164. The quantitative estimate of drug-likeness (QED) is 0.842. The number of rotatable bonds is 4. The van der Waals surface area contributed by atoms with Gasteiger partial charge in [0.25, 0.3) is 0 Å². The van der Waals surface area contributed by atoms with Crippen LogP contribution in [0.2, 0.25) is 0 Å². The first kappa shape index (κ1) is 15.5. The fourth-order valence-corrected chi connectivity index (χ4v) is 3.55. The lowest BCUT2D eigenvalue weighted by Crippen LogP contribution is -2.28. The van der Waals surface area contributed by atoms with Gasteiger partial charge in [-0.15, -0.1) is 0 Å². The molecule has 3 N–H and O–H groups in total. The maximum Gasteiger partial charge on any atom is 0.243 e. The molecule has 114 valence electrons. The maximum atomic E-state index is 13.0. The maximum absolute atomic E-state index is 13.0. The minimum atomic E-state index is -3.88. The Balaban J connectivity index is 2.33. The molecule has 0 saturated carbocycles. The molecule has 21 heavy (non-hydrogen) atoms. The number of anilines is 1. The Bertz CT molecular complexity index is 751. The minimum absolute atomic E-state index is 0.145. The Morgan fingerprint density at radius 2 is 2.05 bits per heavy atom. The number of nitrogens with one attached hydrogen (secondary N) is 1. The summed E-state index contributed by atoms with van der Waals surface area (Å²) in [5, 5.41) is 3.79. The van der Waals surface area contributed by atoms with E-state index < -0.39 is 21.9 Å². The van der Waals surface area contributed by atoms with Gasteiger partial charge in [0.05, 0.1) is 11.4 Å². The molecule has 0 fully saturated rings. The molecule has 1 heterocycles. The van der Waals surface area contributed by atoms with Crippen molar-refractivity contribution in [2.45, 2.75) is 31.7 Å². The molecule has 1 aromatic heterocycles. The van der Waals surface area contributed by atoms with Gasteiger partial charge in [-0.3, -0.25) is 0 Å². The summed E-state index contributed by atoms with van der Waals surface area (Å²) in [7, 11) is -3.88. The summed E-state index contributed by atoms with van der Waals surface area (Å²) in [5.74, 6) is -0.0556. The minimum Gasteiger partial charge on any atom is -0.398 e. The molecule has 1 unspecified atom stereocenters. The fourth-order valence-electron chi connectivity index (χ4n) is 2.23. The average Bonchev–Trinajstić information content (AvgIpc) is 2.67. The number of halogens is 1. The standard InChI is InChI=1S/C13H16FN3O3S/c1-7-13(9(3)20-16-7)8(2)17-21(18,19)12-5-4-10(14)6-11(12)15/h4-6,8,17H,15H2,1-3H3. The van der Waals surface area contributed by atoms with Crippen LogP contribution >= 0.6 is 0 Å². The van der Waals surface area contributed by atoms with E-state index in [9.17, 15) is 12.8 Å². The second-order valence-electron chi connectivity index (χ2n) is 4.76. The van der Waals surface area contributed by atoms with E-state index in [2.05, 4.69) is 9.88 Å². The first-order chi connectivity index (χ1) is 9.72. The van der Waals surface area contributed by atoms with Crippen molar-refractivity contribution in [1.82, 2.24) is 9.88 Å². The highest BCUT2D eigenvalue weighted by atomic mass is 32.2. The summed E-state index contributed by atoms with van der Waals surface area (Å²) in [6.07, 6.45) is 0. The highest BCUT2D eigenvalue weighted by molar-refractivity contribution is 7.89. The number of nitrogens with two attached hydrogens (primary N) is 1. The van der Waals surface area contributed by atoms with Crippen LogP contribution in [0.1, 0.15) is 30.0 Å². The number of benzene rings is 1. The molecule has 0 radical (unpaired) electrons. The van der Waals surface area contributed by atoms with Gasteiger partial charge in [0.15, 0.2) is 0 Å². The van der Waals surface area contributed by atoms with E-state index in [0.717, 1.165) is 18.2 Å². The monoisotopic (exact) mass is 313 g/mol. The molecular formula is C13H16FN3O3S. The van der Waals surface area contributed by atoms with Gasteiger partial charge < -0.3 is 10.3 Å². The van der Waals surface area contributed by atoms with E-state index in [-0.39, 0.29) is 10.6 Å². The second-order valence-corrected chi connectivity index (χ2v) is 6.45. The zero-order valence-electron chi connectivity index (χ0n) is 11.8. The predicted octanol–water partition coefficient (Wildman–Crippen LogP) is 2.05. The molecule has 0 saturated heterocycles. The average molecular weight is 313 g/mol. The van der Waals surface area contributed by atoms with Gasteiger partial charge in [-0.05, 0) is 39.0 Å². The van der Waals surface area contributed by atoms with Gasteiger partial charge >= 0.3 is 0 Å². The summed E-state index contributed by atoms with van der Waals surface area (Å²) in [5.41, 5.74) is 6.70. The molecule has 0 bridgehead atoms. The first-order valence-corrected chi connectivity index (χ1v) is 7.71. The van der Waals surface area contributed by atoms with E-state index in [1.165, 1.54) is 0 Å². The number of hydrogen-bond acceptors (Lipinski definition) is 5. The van der Waals surface area contributed by atoms with Gasteiger partial charge in [-0.2, -0.15) is 0 Å². The molecule has 0 spiro atoms. The van der Waals surface area contributed by atoms with Crippen molar-refractivity contribution in [3.63, 3.8) is 0 Å². The van der Waals surface area contributed by atoms with Crippen LogP contribution in [0.4, 0.5) is 10.1 Å². The Labute approximate surface area is 122 Å². The summed E-state index contributed by atoms with van der Waals surface area (Å²) in [6.45, 7) is 5.10. The molecule has 8 heteroatoms. The number of nitrogen functional groups attached to an aromatic ring is 1. The van der Waals surface area contributed by atoms with Crippen LogP contribution in [-0.2, 0) is 10.0 Å². The topological polar surface area (TPSA) is 98.2 Å². The summed E-state index contributed by atoms with van der Waals surface area (Å²) in [6, 6.07) is 2.60. The highest BCUT2D eigenvalue weighted by Crippen LogP contribution is 2.25. The van der Waals surface area contributed by atoms with E-state index in [4.69, 9.17) is 10.3 Å². The Morgan fingerprint density at radius 1 is 1.38 bits per heavy atom. The van der Waals surface area contributed by atoms with Crippen molar-refractivity contribution in [2.75, 3.05) is 5.73 Å². The zero-order valence-corrected chi connectivity index (χ0v) is 12.7. The van der Waals surface area contributed by atoms with E-state index in [1.54, 1.807) is 20.8 Å². The van der Waals surface area contributed by atoms with Crippen molar-refractivity contribution < 1.29 is 17.3 Å². The zero-order chi connectivity index (χ0) is 15.8. The van der Waals surface area contributed by atoms with Crippen LogP contribution in [-0.4, -0.2) is 13.6 Å². The van der Waals surface area contributed by atoms with Gasteiger partial charge in [0.1, 0.15) is 16.5 Å². The van der Waals surface area contributed by atoms with Gasteiger partial charge in [-0.25, -0.2) is 17.5 Å². The number of nitrogens with zero attached hydrogens (tertiary/aromatic N) is 1. The smallest absolute Gasteiger partial charge is 0.243 e. The molecule has 6 nitrogen and oxygen atoms in total. The SMILES string of the molecule is Cc1noc(C)c1C(C)NS(=O)(=O)c1ccc(F)cc1N. The lowest BCUT2D eigenvalue weighted by Gasteiger charge is -2.15. The van der Waals surface area contributed by atoms with Crippen LogP contribution in [0.15, 0.2) is 27.6 Å². The predicted molar refractivity (Wildman–Crippen MR) is 75.5 cm³/mol.